The normalized spacial score (nSPS) is 18.4. The van der Waals surface area contributed by atoms with E-state index in [1.807, 2.05) is 30.1 Å². The van der Waals surface area contributed by atoms with E-state index in [4.69, 9.17) is 9.47 Å². The summed E-state index contributed by atoms with van der Waals surface area (Å²) >= 11 is 0. The van der Waals surface area contributed by atoms with Crippen molar-refractivity contribution in [2.45, 2.75) is 25.3 Å². The van der Waals surface area contributed by atoms with E-state index in [2.05, 4.69) is 5.32 Å². The van der Waals surface area contributed by atoms with E-state index in [1.54, 1.807) is 0 Å². The van der Waals surface area contributed by atoms with Crippen molar-refractivity contribution in [2.24, 2.45) is 0 Å². The van der Waals surface area contributed by atoms with E-state index in [0.717, 1.165) is 43.0 Å². The zero-order valence-electron chi connectivity index (χ0n) is 11.7. The number of carbonyl (C=O) groups excluding carboxylic acids is 1. The maximum Gasteiger partial charge on any atom is 0.231 e. The molecule has 1 aromatic rings. The second kappa shape index (κ2) is 5.71. The van der Waals surface area contributed by atoms with Crippen molar-refractivity contribution in [1.82, 2.24) is 10.2 Å². The van der Waals surface area contributed by atoms with Crippen molar-refractivity contribution in [3.63, 3.8) is 0 Å². The fourth-order valence-corrected chi connectivity index (χ4v) is 2.75. The van der Waals surface area contributed by atoms with Gasteiger partial charge in [0.25, 0.3) is 0 Å². The average molecular weight is 276 g/mol. The van der Waals surface area contributed by atoms with Crippen molar-refractivity contribution in [2.75, 3.05) is 26.9 Å². The third-order valence-corrected chi connectivity index (χ3v) is 4.05. The van der Waals surface area contributed by atoms with Gasteiger partial charge < -0.3 is 19.7 Å². The number of carbonyl (C=O) groups is 1. The summed E-state index contributed by atoms with van der Waals surface area (Å²) in [6.07, 6.45) is 2.49. The minimum atomic E-state index is 0.193. The monoisotopic (exact) mass is 276 g/mol. The van der Waals surface area contributed by atoms with Gasteiger partial charge in [-0.05, 0) is 37.6 Å². The van der Waals surface area contributed by atoms with Gasteiger partial charge in [-0.3, -0.25) is 4.79 Å². The first-order valence-corrected chi connectivity index (χ1v) is 7.10. The van der Waals surface area contributed by atoms with Crippen LogP contribution in [0.25, 0.3) is 0 Å². The lowest BCUT2D eigenvalue weighted by atomic mass is 10.0. The van der Waals surface area contributed by atoms with Gasteiger partial charge in [0.2, 0.25) is 12.7 Å². The topological polar surface area (TPSA) is 50.8 Å². The Labute approximate surface area is 118 Å². The van der Waals surface area contributed by atoms with E-state index in [1.165, 1.54) is 0 Å². The Hall–Kier alpha value is -1.75. The molecule has 5 heteroatoms. The van der Waals surface area contributed by atoms with Gasteiger partial charge in [-0.2, -0.15) is 0 Å². The highest BCUT2D eigenvalue weighted by molar-refractivity contribution is 5.79. The molecule has 0 aliphatic carbocycles. The summed E-state index contributed by atoms with van der Waals surface area (Å²) in [6.45, 7) is 1.95. The summed E-state index contributed by atoms with van der Waals surface area (Å²) in [4.78, 5) is 14.3. The van der Waals surface area contributed by atoms with Crippen LogP contribution in [0.1, 0.15) is 18.4 Å². The molecule has 0 aromatic heterocycles. The van der Waals surface area contributed by atoms with Crippen LogP contribution in [0.15, 0.2) is 18.2 Å². The molecule has 0 unspecified atom stereocenters. The Morgan fingerprint density at radius 2 is 2.05 bits per heavy atom. The van der Waals surface area contributed by atoms with Crippen LogP contribution in [0.2, 0.25) is 0 Å². The van der Waals surface area contributed by atoms with E-state index in [-0.39, 0.29) is 12.7 Å². The number of hydrogen-bond acceptors (Lipinski definition) is 4. The molecule has 0 radical (unpaired) electrons. The van der Waals surface area contributed by atoms with Gasteiger partial charge in [0.05, 0.1) is 6.42 Å². The molecule has 1 aromatic carbocycles. The SMILES string of the molecule is CNC1CCN(C(=O)Cc2ccc3c(c2)OCO3)CC1. The van der Waals surface area contributed by atoms with Crippen LogP contribution in [0.3, 0.4) is 0 Å². The van der Waals surface area contributed by atoms with Crippen molar-refractivity contribution in [1.29, 1.82) is 0 Å². The van der Waals surface area contributed by atoms with Crippen molar-refractivity contribution >= 4 is 5.91 Å². The van der Waals surface area contributed by atoms with Crippen molar-refractivity contribution in [3.05, 3.63) is 23.8 Å². The number of nitrogens with zero attached hydrogens (tertiary/aromatic N) is 1. The molecule has 2 aliphatic heterocycles. The van der Waals surface area contributed by atoms with Crippen LogP contribution < -0.4 is 14.8 Å². The van der Waals surface area contributed by atoms with Crippen molar-refractivity contribution < 1.29 is 14.3 Å². The third-order valence-electron chi connectivity index (χ3n) is 4.05. The molecule has 0 saturated carbocycles. The summed E-state index contributed by atoms with van der Waals surface area (Å²) in [5, 5.41) is 3.27. The smallest absolute Gasteiger partial charge is 0.231 e. The van der Waals surface area contributed by atoms with Crippen LogP contribution in [0.5, 0.6) is 11.5 Å². The quantitative estimate of drug-likeness (QED) is 0.900. The lowest BCUT2D eigenvalue weighted by Crippen LogP contribution is -2.44. The highest BCUT2D eigenvalue weighted by atomic mass is 16.7. The molecule has 20 heavy (non-hydrogen) atoms. The second-order valence-corrected chi connectivity index (χ2v) is 5.31. The third kappa shape index (κ3) is 2.72. The summed E-state index contributed by atoms with van der Waals surface area (Å²) in [5.74, 6) is 1.69. The van der Waals surface area contributed by atoms with Gasteiger partial charge in [0.15, 0.2) is 11.5 Å². The molecule has 5 nitrogen and oxygen atoms in total. The standard InChI is InChI=1S/C15H20N2O3/c1-16-12-4-6-17(7-5-12)15(18)9-11-2-3-13-14(8-11)20-10-19-13/h2-3,8,12,16H,4-7,9-10H2,1H3. The molecule has 1 saturated heterocycles. The van der Waals surface area contributed by atoms with E-state index >= 15 is 0 Å². The fraction of sp³-hybridized carbons (Fsp3) is 0.533. The predicted molar refractivity (Wildman–Crippen MR) is 74.9 cm³/mol. The van der Waals surface area contributed by atoms with Gasteiger partial charge in [0.1, 0.15) is 0 Å². The number of benzene rings is 1. The van der Waals surface area contributed by atoms with Gasteiger partial charge in [-0.15, -0.1) is 0 Å². The molecule has 1 amide bonds. The average Bonchev–Trinajstić information content (AvgIpc) is 2.95. The molecule has 0 spiro atoms. The Balaban J connectivity index is 1.59. The molecule has 108 valence electrons. The molecule has 0 atom stereocenters. The number of ether oxygens (including phenoxy) is 2. The van der Waals surface area contributed by atoms with Gasteiger partial charge in [-0.25, -0.2) is 0 Å². The maximum absolute atomic E-state index is 12.3. The molecule has 1 N–H and O–H groups in total. The lowest BCUT2D eigenvalue weighted by Gasteiger charge is -2.31. The second-order valence-electron chi connectivity index (χ2n) is 5.31. The highest BCUT2D eigenvalue weighted by Crippen LogP contribution is 2.32. The van der Waals surface area contributed by atoms with E-state index in [9.17, 15) is 4.79 Å². The van der Waals surface area contributed by atoms with Gasteiger partial charge >= 0.3 is 0 Å². The fourth-order valence-electron chi connectivity index (χ4n) is 2.75. The molecule has 3 rings (SSSR count). The molecular weight excluding hydrogens is 256 g/mol. The van der Waals surface area contributed by atoms with Gasteiger partial charge in [0, 0.05) is 19.1 Å². The highest BCUT2D eigenvalue weighted by Gasteiger charge is 2.22. The minimum Gasteiger partial charge on any atom is -0.454 e. The molecule has 2 aliphatic rings. The Kier molecular flexibility index (Phi) is 3.78. The van der Waals surface area contributed by atoms with E-state index in [0.29, 0.717) is 12.5 Å². The van der Waals surface area contributed by atoms with Crippen LogP contribution in [0.4, 0.5) is 0 Å². The molecule has 2 heterocycles. The maximum atomic E-state index is 12.3. The minimum absolute atomic E-state index is 0.193. The van der Waals surface area contributed by atoms with Crippen LogP contribution in [-0.2, 0) is 11.2 Å². The largest absolute Gasteiger partial charge is 0.454 e. The summed E-state index contributed by atoms with van der Waals surface area (Å²) in [7, 11) is 1.98. The molecule has 1 fully saturated rings. The predicted octanol–water partition coefficient (Wildman–Crippen LogP) is 1.17. The first-order chi connectivity index (χ1) is 9.76. The van der Waals surface area contributed by atoms with Crippen LogP contribution in [0, 0.1) is 0 Å². The number of piperidine rings is 1. The number of likely N-dealkylation sites (tertiary alicyclic amines) is 1. The first-order valence-electron chi connectivity index (χ1n) is 7.10. The number of nitrogens with one attached hydrogen (secondary N) is 1. The molecule has 0 bridgehead atoms. The number of amides is 1. The molecular formula is C15H20N2O3. The lowest BCUT2D eigenvalue weighted by molar-refractivity contribution is -0.131. The van der Waals surface area contributed by atoms with E-state index < -0.39 is 0 Å². The Morgan fingerprint density at radius 1 is 1.30 bits per heavy atom. The Morgan fingerprint density at radius 3 is 2.80 bits per heavy atom. The number of rotatable bonds is 3. The first kappa shape index (κ1) is 13.2. The summed E-state index contributed by atoms with van der Waals surface area (Å²) < 4.78 is 10.6. The van der Waals surface area contributed by atoms with Crippen molar-refractivity contribution in [3.8, 4) is 11.5 Å². The zero-order chi connectivity index (χ0) is 13.9. The van der Waals surface area contributed by atoms with Crippen LogP contribution in [-0.4, -0.2) is 43.8 Å². The zero-order valence-corrected chi connectivity index (χ0v) is 11.7. The number of hydrogen-bond donors (Lipinski definition) is 1. The number of fused-ring (bicyclic) bond motifs is 1. The Bertz CT molecular complexity index is 496. The van der Waals surface area contributed by atoms with Gasteiger partial charge in [-0.1, -0.05) is 6.07 Å². The van der Waals surface area contributed by atoms with Crippen LogP contribution >= 0.6 is 0 Å². The summed E-state index contributed by atoms with van der Waals surface area (Å²) in [5.41, 5.74) is 0.981. The summed E-state index contributed by atoms with van der Waals surface area (Å²) in [6, 6.07) is 6.26.